The number of hydrogen-bond donors (Lipinski definition) is 1. The predicted octanol–water partition coefficient (Wildman–Crippen LogP) is 1.49. The predicted molar refractivity (Wildman–Crippen MR) is 88.7 cm³/mol. The van der Waals surface area contributed by atoms with Gasteiger partial charge in [0.2, 0.25) is 5.69 Å². The maximum absolute atomic E-state index is 10.5. The summed E-state index contributed by atoms with van der Waals surface area (Å²) in [4.78, 5) is 10.5. The fraction of sp³-hybridized carbons (Fsp3) is 0.529. The van der Waals surface area contributed by atoms with Crippen LogP contribution in [0.1, 0.15) is 52.0 Å². The second kappa shape index (κ2) is 7.90. The Morgan fingerprint density at radius 3 is 2.59 bits per heavy atom. The number of carboxylic acids is 1. The van der Waals surface area contributed by atoms with Gasteiger partial charge in [0.25, 0.3) is 0 Å². The molecule has 0 bridgehead atoms. The van der Waals surface area contributed by atoms with Crippen LogP contribution in [-0.4, -0.2) is 27.9 Å². The molecule has 22 heavy (non-hydrogen) atoms. The highest BCUT2D eigenvalue weighted by atomic mass is 127. The fourth-order valence-electron chi connectivity index (χ4n) is 2.97. The van der Waals surface area contributed by atoms with Crippen LogP contribution >= 0.6 is 15.9 Å². The van der Waals surface area contributed by atoms with E-state index in [1.807, 2.05) is 0 Å². The number of unbranched alkanes of at least 4 members (excludes halogenated alkanes) is 2. The molecule has 122 valence electrons. The van der Waals surface area contributed by atoms with Crippen molar-refractivity contribution in [3.05, 3.63) is 28.2 Å². The number of hydrogen-bond acceptors (Lipinski definition) is 1. The van der Waals surface area contributed by atoms with E-state index in [9.17, 15) is 4.79 Å². The van der Waals surface area contributed by atoms with Gasteiger partial charge < -0.3 is 29.1 Å². The summed E-state index contributed by atoms with van der Waals surface area (Å²) in [7, 11) is 0. The van der Waals surface area contributed by atoms with Gasteiger partial charge in [-0.15, -0.1) is 0 Å². The first-order valence-electron chi connectivity index (χ1n) is 7.47. The molecular formula is C17H23BrINO2. The van der Waals surface area contributed by atoms with Gasteiger partial charge in [-0.2, -0.15) is 4.58 Å². The minimum atomic E-state index is -0.699. The van der Waals surface area contributed by atoms with E-state index in [1.165, 1.54) is 17.0 Å². The molecule has 1 aromatic rings. The highest BCUT2D eigenvalue weighted by Crippen LogP contribution is 2.40. The summed E-state index contributed by atoms with van der Waals surface area (Å²) >= 11 is 3.56. The topological polar surface area (TPSA) is 40.3 Å². The highest BCUT2D eigenvalue weighted by molar-refractivity contribution is 9.10. The quantitative estimate of drug-likeness (QED) is 0.381. The van der Waals surface area contributed by atoms with Crippen molar-refractivity contribution in [2.75, 3.05) is 6.54 Å². The van der Waals surface area contributed by atoms with Crippen LogP contribution in [-0.2, 0) is 10.2 Å². The molecule has 1 aliphatic rings. The summed E-state index contributed by atoms with van der Waals surface area (Å²) in [6, 6.07) is 6.48. The lowest BCUT2D eigenvalue weighted by Crippen LogP contribution is -3.00. The van der Waals surface area contributed by atoms with Crippen LogP contribution in [0.4, 0.5) is 5.69 Å². The molecule has 1 heterocycles. The molecule has 0 aliphatic carbocycles. The maximum Gasteiger partial charge on any atom is 0.303 e. The van der Waals surface area contributed by atoms with Crippen LogP contribution in [0.5, 0.6) is 0 Å². The van der Waals surface area contributed by atoms with Gasteiger partial charge in [-0.3, -0.25) is 4.79 Å². The number of nitrogens with zero attached hydrogens (tertiary/aromatic N) is 1. The zero-order valence-corrected chi connectivity index (χ0v) is 17.1. The Morgan fingerprint density at radius 1 is 1.27 bits per heavy atom. The number of fused-ring (bicyclic) bond motifs is 1. The number of aliphatic carboxylic acids is 1. The van der Waals surface area contributed by atoms with Crippen LogP contribution in [0.2, 0.25) is 0 Å². The summed E-state index contributed by atoms with van der Waals surface area (Å²) in [5.74, 6) is -0.699. The van der Waals surface area contributed by atoms with Gasteiger partial charge in [0.1, 0.15) is 6.54 Å². The Labute approximate surface area is 158 Å². The third-order valence-electron chi connectivity index (χ3n) is 4.50. The van der Waals surface area contributed by atoms with Crippen molar-refractivity contribution in [3.8, 4) is 0 Å². The molecule has 0 amide bonds. The van der Waals surface area contributed by atoms with Gasteiger partial charge in [-0.05, 0) is 38.8 Å². The second-order valence-electron chi connectivity index (χ2n) is 6.23. The third-order valence-corrected chi connectivity index (χ3v) is 5.00. The number of rotatable bonds is 6. The number of halogens is 2. The number of carbonyl (C=O) groups is 1. The lowest BCUT2D eigenvalue weighted by atomic mass is 9.82. The Kier molecular flexibility index (Phi) is 7.05. The van der Waals surface area contributed by atoms with E-state index in [1.54, 1.807) is 0 Å². The van der Waals surface area contributed by atoms with Gasteiger partial charge >= 0.3 is 5.97 Å². The molecule has 3 nitrogen and oxygen atoms in total. The molecule has 0 unspecified atom stereocenters. The molecule has 2 rings (SSSR count). The first-order valence-corrected chi connectivity index (χ1v) is 8.26. The summed E-state index contributed by atoms with van der Waals surface area (Å²) in [5.41, 5.74) is 4.08. The Balaban J connectivity index is 0.00000242. The SMILES string of the molecule is CC1=[N+](CCCCCC(=O)O)c2ccc(Br)cc2C1(C)C.[I-]. The van der Waals surface area contributed by atoms with E-state index in [0.29, 0.717) is 0 Å². The lowest BCUT2D eigenvalue weighted by Gasteiger charge is -2.14. The first kappa shape index (κ1) is 19.6. The van der Waals surface area contributed by atoms with Gasteiger partial charge in [-0.25, -0.2) is 0 Å². The third kappa shape index (κ3) is 4.10. The average Bonchev–Trinajstić information content (AvgIpc) is 2.59. The van der Waals surface area contributed by atoms with E-state index < -0.39 is 5.97 Å². The number of carboxylic acid groups (broad SMARTS) is 1. The zero-order valence-electron chi connectivity index (χ0n) is 13.3. The maximum atomic E-state index is 10.5. The van der Waals surface area contributed by atoms with E-state index in [2.05, 4.69) is 59.5 Å². The van der Waals surface area contributed by atoms with Crippen LogP contribution in [0.15, 0.2) is 22.7 Å². The molecule has 0 aromatic heterocycles. The molecule has 5 heteroatoms. The average molecular weight is 480 g/mol. The lowest BCUT2D eigenvalue weighted by molar-refractivity contribution is -0.439. The summed E-state index contributed by atoms with van der Waals surface area (Å²) in [6.07, 6.45) is 3.02. The van der Waals surface area contributed by atoms with Gasteiger partial charge in [0.15, 0.2) is 5.71 Å². The monoisotopic (exact) mass is 479 g/mol. The van der Waals surface area contributed by atoms with Gasteiger partial charge in [-0.1, -0.05) is 15.9 Å². The summed E-state index contributed by atoms with van der Waals surface area (Å²) < 4.78 is 3.51. The van der Waals surface area contributed by atoms with Crippen molar-refractivity contribution in [1.29, 1.82) is 0 Å². The van der Waals surface area contributed by atoms with Crippen molar-refractivity contribution in [2.45, 2.75) is 51.9 Å². The molecule has 1 N–H and O–H groups in total. The van der Waals surface area contributed by atoms with Gasteiger partial charge in [0, 0.05) is 35.9 Å². The highest BCUT2D eigenvalue weighted by Gasteiger charge is 2.42. The van der Waals surface area contributed by atoms with Crippen molar-refractivity contribution < 1.29 is 38.5 Å². The number of benzene rings is 1. The Hall–Kier alpha value is -0.430. The molecular weight excluding hydrogens is 457 g/mol. The smallest absolute Gasteiger partial charge is 0.303 e. The molecule has 1 aromatic carbocycles. The minimum Gasteiger partial charge on any atom is -1.00 e. The van der Waals surface area contributed by atoms with Crippen molar-refractivity contribution in [1.82, 2.24) is 0 Å². The largest absolute Gasteiger partial charge is 1.00 e. The Bertz CT molecular complexity index is 596. The van der Waals surface area contributed by atoms with Crippen molar-refractivity contribution in [2.24, 2.45) is 0 Å². The van der Waals surface area contributed by atoms with E-state index in [0.717, 1.165) is 30.3 Å². The fourth-order valence-corrected chi connectivity index (χ4v) is 3.33. The van der Waals surface area contributed by atoms with Crippen LogP contribution in [0.25, 0.3) is 0 Å². The molecule has 0 spiro atoms. The van der Waals surface area contributed by atoms with E-state index in [-0.39, 0.29) is 35.8 Å². The summed E-state index contributed by atoms with van der Waals surface area (Å²) in [6.45, 7) is 7.69. The first-order chi connectivity index (χ1) is 9.84. The Morgan fingerprint density at radius 2 is 1.95 bits per heavy atom. The molecule has 1 aliphatic heterocycles. The standard InChI is InChI=1S/C17H22BrNO2.HI/c1-12-17(2,3)14-11-13(18)8-9-15(14)19(12)10-6-4-5-7-16(20)21;/h8-9,11H,4-7,10H2,1-3H3;1H. The molecule has 0 saturated carbocycles. The van der Waals surface area contributed by atoms with E-state index in [4.69, 9.17) is 5.11 Å². The van der Waals surface area contributed by atoms with Crippen LogP contribution < -0.4 is 24.0 Å². The molecule has 0 atom stereocenters. The molecule has 0 saturated heterocycles. The second-order valence-corrected chi connectivity index (χ2v) is 7.14. The van der Waals surface area contributed by atoms with Crippen molar-refractivity contribution in [3.63, 3.8) is 0 Å². The summed E-state index contributed by atoms with van der Waals surface area (Å²) in [5, 5.41) is 8.67. The van der Waals surface area contributed by atoms with Crippen LogP contribution in [0.3, 0.4) is 0 Å². The normalized spacial score (nSPS) is 15.5. The van der Waals surface area contributed by atoms with Crippen molar-refractivity contribution >= 4 is 33.3 Å². The minimum absolute atomic E-state index is 0. The zero-order chi connectivity index (χ0) is 15.6. The van der Waals surface area contributed by atoms with Gasteiger partial charge in [0.05, 0.1) is 5.41 Å². The van der Waals surface area contributed by atoms with E-state index >= 15 is 0 Å². The molecule has 0 radical (unpaired) electrons. The van der Waals surface area contributed by atoms with Crippen LogP contribution in [0, 0.1) is 0 Å². The molecule has 0 fully saturated rings.